The second kappa shape index (κ2) is 13.6. The third-order valence-electron chi connectivity index (χ3n) is 8.41. The zero-order chi connectivity index (χ0) is 34.9. The molecule has 2 amide bonds. The Hall–Kier alpha value is -4.10. The van der Waals surface area contributed by atoms with Crippen LogP contribution in [0.4, 0.5) is 27.6 Å². The summed E-state index contributed by atoms with van der Waals surface area (Å²) in [6, 6.07) is 8.32. The fraction of sp³-hybridized carbons (Fsp3) is 0.382. The molecule has 0 bridgehead atoms. The number of amides is 2. The number of ketones is 1. The standard InChI is InChI=1S/C34H37F5N2O5Si/c1-19-15-21(35)9-12-28(19)46-29-18-23(20-7-8-20)26(34(37,38)39)17-25(29)31(43)41-22-10-11-27(36)24(16-22)30(42)32(44)40-13-14-45-47(5,6)33(2,3)4/h9-12,15-18,20H,7-8,13-14H2,1-6H3,(H,40,44)(H,41,43). The van der Waals surface area contributed by atoms with Gasteiger partial charge in [-0.2, -0.15) is 13.2 Å². The molecule has 0 spiro atoms. The molecule has 1 aliphatic carbocycles. The molecule has 47 heavy (non-hydrogen) atoms. The summed E-state index contributed by atoms with van der Waals surface area (Å²) in [4.78, 5) is 38.9. The summed E-state index contributed by atoms with van der Waals surface area (Å²) in [5.41, 5.74) is -1.99. The van der Waals surface area contributed by atoms with Gasteiger partial charge in [-0.15, -0.1) is 0 Å². The molecule has 3 aromatic carbocycles. The van der Waals surface area contributed by atoms with E-state index in [0.29, 0.717) is 24.5 Å². The van der Waals surface area contributed by atoms with E-state index in [1.165, 1.54) is 12.1 Å². The summed E-state index contributed by atoms with van der Waals surface area (Å²) in [5.74, 6) is -5.39. The molecule has 1 fully saturated rings. The smallest absolute Gasteiger partial charge is 0.416 e. The Kier molecular flexibility index (Phi) is 10.3. The number of carbonyl (C=O) groups excluding carboxylic acids is 3. The first-order valence-electron chi connectivity index (χ1n) is 15.0. The molecule has 0 unspecified atom stereocenters. The highest BCUT2D eigenvalue weighted by atomic mass is 28.4. The highest BCUT2D eigenvalue weighted by Gasteiger charge is 2.40. The number of hydrogen-bond acceptors (Lipinski definition) is 5. The predicted octanol–water partition coefficient (Wildman–Crippen LogP) is 8.53. The van der Waals surface area contributed by atoms with Crippen LogP contribution in [0, 0.1) is 18.6 Å². The summed E-state index contributed by atoms with van der Waals surface area (Å²) in [7, 11) is -2.10. The molecule has 7 nitrogen and oxygen atoms in total. The molecule has 0 aromatic heterocycles. The van der Waals surface area contributed by atoms with Crippen LogP contribution in [0.3, 0.4) is 0 Å². The summed E-state index contributed by atoms with van der Waals surface area (Å²) in [6.07, 6.45) is -3.71. The minimum absolute atomic E-state index is 0.00380. The molecular weight excluding hydrogens is 639 g/mol. The Morgan fingerprint density at radius 3 is 2.19 bits per heavy atom. The van der Waals surface area contributed by atoms with E-state index in [9.17, 15) is 36.3 Å². The lowest BCUT2D eigenvalue weighted by Crippen LogP contribution is -2.43. The fourth-order valence-electron chi connectivity index (χ4n) is 4.55. The van der Waals surface area contributed by atoms with E-state index in [0.717, 1.165) is 30.3 Å². The Morgan fingerprint density at radius 1 is 0.915 bits per heavy atom. The average molecular weight is 677 g/mol. The van der Waals surface area contributed by atoms with Gasteiger partial charge in [0.05, 0.1) is 23.3 Å². The summed E-state index contributed by atoms with van der Waals surface area (Å²) in [6.45, 7) is 11.9. The third-order valence-corrected chi connectivity index (χ3v) is 12.9. The molecule has 0 radical (unpaired) electrons. The Labute approximate surface area is 271 Å². The largest absolute Gasteiger partial charge is 0.456 e. The van der Waals surface area contributed by atoms with Gasteiger partial charge < -0.3 is 19.8 Å². The maximum atomic E-state index is 14.7. The van der Waals surface area contributed by atoms with Crippen LogP contribution in [-0.4, -0.2) is 39.1 Å². The number of Topliss-reactive ketones (excluding diaryl/α,β-unsaturated/α-hetero) is 1. The van der Waals surface area contributed by atoms with Crippen LogP contribution in [0.5, 0.6) is 11.5 Å². The van der Waals surface area contributed by atoms with Crippen LogP contribution in [0.15, 0.2) is 48.5 Å². The van der Waals surface area contributed by atoms with Gasteiger partial charge in [-0.25, -0.2) is 8.78 Å². The van der Waals surface area contributed by atoms with Crippen molar-refractivity contribution in [1.29, 1.82) is 0 Å². The molecule has 3 aromatic rings. The van der Waals surface area contributed by atoms with E-state index in [1.54, 1.807) is 6.92 Å². The number of anilines is 1. The number of halogens is 5. The van der Waals surface area contributed by atoms with E-state index in [-0.39, 0.29) is 46.9 Å². The molecule has 1 aliphatic rings. The minimum atomic E-state index is -4.78. The van der Waals surface area contributed by atoms with E-state index in [2.05, 4.69) is 31.4 Å². The second-order valence-electron chi connectivity index (χ2n) is 13.1. The van der Waals surface area contributed by atoms with E-state index in [1.807, 2.05) is 13.1 Å². The minimum Gasteiger partial charge on any atom is -0.456 e. The monoisotopic (exact) mass is 676 g/mol. The van der Waals surface area contributed by atoms with Crippen molar-refractivity contribution < 1.29 is 45.5 Å². The van der Waals surface area contributed by atoms with Crippen LogP contribution < -0.4 is 15.4 Å². The van der Waals surface area contributed by atoms with E-state index in [4.69, 9.17) is 9.16 Å². The van der Waals surface area contributed by atoms with Gasteiger partial charge in [0.1, 0.15) is 23.1 Å². The summed E-state index contributed by atoms with van der Waals surface area (Å²) >= 11 is 0. The van der Waals surface area contributed by atoms with E-state index < -0.39 is 60.4 Å². The molecule has 0 atom stereocenters. The van der Waals surface area contributed by atoms with Crippen molar-refractivity contribution in [1.82, 2.24) is 5.32 Å². The molecule has 2 N–H and O–H groups in total. The van der Waals surface area contributed by atoms with E-state index >= 15 is 0 Å². The number of aryl methyl sites for hydroxylation is 1. The molecule has 1 saturated carbocycles. The first-order valence-corrected chi connectivity index (χ1v) is 18.0. The van der Waals surface area contributed by atoms with Gasteiger partial charge in [-0.3, -0.25) is 14.4 Å². The lowest BCUT2D eigenvalue weighted by Gasteiger charge is -2.36. The van der Waals surface area contributed by atoms with Crippen molar-refractivity contribution in [2.24, 2.45) is 0 Å². The Bertz CT molecular complexity index is 1700. The lowest BCUT2D eigenvalue weighted by molar-refractivity contribution is -0.138. The lowest BCUT2D eigenvalue weighted by atomic mass is 9.98. The van der Waals surface area contributed by atoms with Crippen molar-refractivity contribution in [3.63, 3.8) is 0 Å². The van der Waals surface area contributed by atoms with Crippen molar-refractivity contribution >= 4 is 31.6 Å². The van der Waals surface area contributed by atoms with Crippen LogP contribution in [0.2, 0.25) is 18.1 Å². The normalized spacial score (nSPS) is 13.7. The number of nitrogens with one attached hydrogen (secondary N) is 2. The summed E-state index contributed by atoms with van der Waals surface area (Å²) in [5, 5.41) is 4.72. The third kappa shape index (κ3) is 8.63. The zero-order valence-corrected chi connectivity index (χ0v) is 28.0. The number of hydrogen-bond donors (Lipinski definition) is 2. The molecular formula is C34H37F5N2O5Si. The van der Waals surface area contributed by atoms with Crippen molar-refractivity contribution in [2.75, 3.05) is 18.5 Å². The van der Waals surface area contributed by atoms with Gasteiger partial charge >= 0.3 is 6.18 Å². The number of rotatable bonds is 11. The SMILES string of the molecule is Cc1cc(F)ccc1Oc1cc(C2CC2)c(C(F)(F)F)cc1C(=O)Nc1ccc(F)c(C(=O)C(=O)NCCO[Si](C)(C)C(C)(C)C)c1. The summed E-state index contributed by atoms with van der Waals surface area (Å²) < 4.78 is 82.6. The highest BCUT2D eigenvalue weighted by molar-refractivity contribution is 6.74. The average Bonchev–Trinajstić information content (AvgIpc) is 3.81. The zero-order valence-electron chi connectivity index (χ0n) is 27.0. The van der Waals surface area contributed by atoms with Crippen LogP contribution >= 0.6 is 0 Å². The van der Waals surface area contributed by atoms with Crippen LogP contribution in [-0.2, 0) is 15.4 Å². The first-order chi connectivity index (χ1) is 21.8. The molecule has 0 saturated heterocycles. The quantitative estimate of drug-likeness (QED) is 0.0698. The maximum absolute atomic E-state index is 14.7. The maximum Gasteiger partial charge on any atom is 0.416 e. The van der Waals surface area contributed by atoms with Gasteiger partial charge in [0, 0.05) is 12.2 Å². The number of alkyl halides is 3. The molecule has 252 valence electrons. The first kappa shape index (κ1) is 35.7. The Balaban J connectivity index is 1.58. The van der Waals surface area contributed by atoms with Gasteiger partial charge in [0.15, 0.2) is 8.32 Å². The topological polar surface area (TPSA) is 93.7 Å². The van der Waals surface area contributed by atoms with Crippen LogP contribution in [0.25, 0.3) is 0 Å². The van der Waals surface area contributed by atoms with Gasteiger partial charge in [-0.05, 0) is 103 Å². The van der Waals surface area contributed by atoms with Crippen LogP contribution in [0.1, 0.15) is 76.9 Å². The number of ether oxygens (including phenoxy) is 1. The Morgan fingerprint density at radius 2 is 1.60 bits per heavy atom. The van der Waals surface area contributed by atoms with Crippen molar-refractivity contribution in [2.45, 2.75) is 70.8 Å². The van der Waals surface area contributed by atoms with Gasteiger partial charge in [0.25, 0.3) is 17.6 Å². The van der Waals surface area contributed by atoms with Gasteiger partial charge in [-0.1, -0.05) is 20.8 Å². The second-order valence-corrected chi connectivity index (χ2v) is 17.9. The number of benzene rings is 3. The van der Waals surface area contributed by atoms with Crippen molar-refractivity contribution in [3.8, 4) is 11.5 Å². The van der Waals surface area contributed by atoms with Crippen molar-refractivity contribution in [3.05, 3.63) is 88.0 Å². The molecule has 13 heteroatoms. The number of carbonyl (C=O) groups is 3. The predicted molar refractivity (Wildman–Crippen MR) is 169 cm³/mol. The fourth-order valence-corrected chi connectivity index (χ4v) is 5.59. The molecule has 4 rings (SSSR count). The highest BCUT2D eigenvalue weighted by Crippen LogP contribution is 2.48. The van der Waals surface area contributed by atoms with Gasteiger partial charge in [0.2, 0.25) is 0 Å². The molecule has 0 aliphatic heterocycles. The molecule has 0 heterocycles.